The van der Waals surface area contributed by atoms with Gasteiger partial charge in [0.15, 0.2) is 0 Å². The second-order valence-corrected chi connectivity index (χ2v) is 3.96. The number of rotatable bonds is 2. The van der Waals surface area contributed by atoms with Crippen LogP contribution in [0.5, 0.6) is 0 Å². The molecular weight excluding hydrogens is 176 g/mol. The monoisotopic (exact) mass is 191 g/mol. The predicted octanol–water partition coefficient (Wildman–Crippen LogP) is 1.95. The second kappa shape index (κ2) is 3.60. The molecule has 1 fully saturated rings. The number of alkyl halides is 2. The van der Waals surface area contributed by atoms with Crippen molar-refractivity contribution in [3.63, 3.8) is 0 Å². The summed E-state index contributed by atoms with van der Waals surface area (Å²) in [7, 11) is 0. The maximum Gasteiger partial charge on any atom is 0.248 e. The van der Waals surface area contributed by atoms with Gasteiger partial charge in [-0.1, -0.05) is 0 Å². The summed E-state index contributed by atoms with van der Waals surface area (Å²) in [5.74, 6) is -3.34. The van der Waals surface area contributed by atoms with Crippen LogP contribution in [0.4, 0.5) is 8.78 Å². The molecule has 0 aromatic rings. The van der Waals surface area contributed by atoms with Gasteiger partial charge >= 0.3 is 0 Å². The lowest BCUT2D eigenvalue weighted by molar-refractivity contribution is -0.126. The highest BCUT2D eigenvalue weighted by Gasteiger charge is 2.42. The van der Waals surface area contributed by atoms with E-state index in [-0.39, 0.29) is 24.8 Å². The largest absolute Gasteiger partial charge is 0.354 e. The Morgan fingerprint density at radius 3 is 2.54 bits per heavy atom. The van der Waals surface area contributed by atoms with Gasteiger partial charge in [0.1, 0.15) is 0 Å². The van der Waals surface area contributed by atoms with Crippen molar-refractivity contribution in [2.45, 2.75) is 45.1 Å². The number of carbonyl (C=O) groups is 1. The summed E-state index contributed by atoms with van der Waals surface area (Å²) in [5, 5.41) is 2.65. The van der Waals surface area contributed by atoms with Crippen molar-refractivity contribution >= 4 is 5.91 Å². The van der Waals surface area contributed by atoms with Gasteiger partial charge in [0.25, 0.3) is 0 Å². The minimum atomic E-state index is -2.63. The molecule has 76 valence electrons. The molecule has 0 heterocycles. The van der Waals surface area contributed by atoms with Crippen LogP contribution in [0.3, 0.4) is 0 Å². The molecule has 1 saturated carbocycles. The third-order valence-corrected chi connectivity index (χ3v) is 2.21. The van der Waals surface area contributed by atoms with Crippen molar-refractivity contribution in [3.05, 3.63) is 0 Å². The molecular formula is C9H15F2NO. The Kier molecular flexibility index (Phi) is 2.88. The molecule has 1 amide bonds. The highest BCUT2D eigenvalue weighted by molar-refractivity contribution is 5.79. The maximum atomic E-state index is 12.7. The topological polar surface area (TPSA) is 29.1 Å². The van der Waals surface area contributed by atoms with Gasteiger partial charge in [-0.25, -0.2) is 8.78 Å². The normalized spacial score (nSPS) is 26.4. The molecule has 13 heavy (non-hydrogen) atoms. The van der Waals surface area contributed by atoms with Crippen LogP contribution in [0.15, 0.2) is 0 Å². The van der Waals surface area contributed by atoms with Crippen LogP contribution in [-0.4, -0.2) is 17.9 Å². The lowest BCUT2D eigenvalue weighted by Gasteiger charge is -2.13. The van der Waals surface area contributed by atoms with Crippen LogP contribution >= 0.6 is 0 Å². The molecule has 0 aromatic heterocycles. The van der Waals surface area contributed by atoms with Gasteiger partial charge < -0.3 is 5.32 Å². The number of nitrogens with one attached hydrogen (secondary N) is 1. The van der Waals surface area contributed by atoms with Crippen molar-refractivity contribution in [1.29, 1.82) is 0 Å². The van der Waals surface area contributed by atoms with Crippen LogP contribution in [0.25, 0.3) is 0 Å². The Bertz CT molecular complexity index is 204. The van der Waals surface area contributed by atoms with E-state index in [1.165, 1.54) is 0 Å². The number of amides is 1. The third kappa shape index (κ3) is 2.94. The second-order valence-electron chi connectivity index (χ2n) is 3.96. The summed E-state index contributed by atoms with van der Waals surface area (Å²) in [6.45, 7) is 3.65. The van der Waals surface area contributed by atoms with E-state index >= 15 is 0 Å². The van der Waals surface area contributed by atoms with Crippen LogP contribution in [0.2, 0.25) is 0 Å². The molecule has 1 rings (SSSR count). The van der Waals surface area contributed by atoms with Gasteiger partial charge in [-0.3, -0.25) is 4.79 Å². The molecule has 1 N–H and O–H groups in total. The van der Waals surface area contributed by atoms with E-state index in [2.05, 4.69) is 5.32 Å². The molecule has 1 aliphatic rings. The fourth-order valence-electron chi connectivity index (χ4n) is 1.58. The fourth-order valence-corrected chi connectivity index (χ4v) is 1.58. The van der Waals surface area contributed by atoms with Crippen LogP contribution in [-0.2, 0) is 4.79 Å². The summed E-state index contributed by atoms with van der Waals surface area (Å²) in [6, 6.07) is 0.0294. The minimum absolute atomic E-state index is 0.0294. The van der Waals surface area contributed by atoms with Gasteiger partial charge in [0, 0.05) is 24.8 Å². The summed E-state index contributed by atoms with van der Waals surface area (Å²) in [5.41, 5.74) is 0. The van der Waals surface area contributed by atoms with Gasteiger partial charge in [-0.2, -0.15) is 0 Å². The zero-order valence-electron chi connectivity index (χ0n) is 7.94. The highest BCUT2D eigenvalue weighted by atomic mass is 19.3. The molecule has 1 unspecified atom stereocenters. The summed E-state index contributed by atoms with van der Waals surface area (Å²) < 4.78 is 25.4. The minimum Gasteiger partial charge on any atom is -0.354 e. The van der Waals surface area contributed by atoms with Crippen LogP contribution in [0, 0.1) is 5.92 Å². The van der Waals surface area contributed by atoms with E-state index in [9.17, 15) is 13.6 Å². The Balaban J connectivity index is 2.42. The zero-order valence-corrected chi connectivity index (χ0v) is 7.94. The van der Waals surface area contributed by atoms with Gasteiger partial charge in [0.05, 0.1) is 0 Å². The van der Waals surface area contributed by atoms with E-state index < -0.39 is 11.8 Å². The lowest BCUT2D eigenvalue weighted by atomic mass is 10.1. The molecule has 2 nitrogen and oxygen atoms in total. The molecule has 0 aliphatic heterocycles. The maximum absolute atomic E-state index is 12.7. The quantitative estimate of drug-likeness (QED) is 0.710. The average molecular weight is 191 g/mol. The van der Waals surface area contributed by atoms with Crippen molar-refractivity contribution in [2.24, 2.45) is 5.92 Å². The lowest BCUT2D eigenvalue weighted by Crippen LogP contribution is -2.35. The first-order chi connectivity index (χ1) is 5.91. The van der Waals surface area contributed by atoms with Crippen molar-refractivity contribution in [2.75, 3.05) is 0 Å². The van der Waals surface area contributed by atoms with Crippen LogP contribution in [0.1, 0.15) is 33.1 Å². The van der Waals surface area contributed by atoms with Gasteiger partial charge in [0.2, 0.25) is 11.8 Å². The smallest absolute Gasteiger partial charge is 0.248 e. The van der Waals surface area contributed by atoms with Crippen molar-refractivity contribution < 1.29 is 13.6 Å². The standard InChI is InChI=1S/C9H15F2NO/c1-6(2)12-8(13)7-3-4-9(10,11)5-7/h6-7H,3-5H2,1-2H3,(H,12,13). The number of carbonyl (C=O) groups excluding carboxylic acids is 1. The molecule has 0 aromatic carbocycles. The zero-order chi connectivity index (χ0) is 10.1. The summed E-state index contributed by atoms with van der Waals surface area (Å²) in [6.07, 6.45) is -0.125. The molecule has 4 heteroatoms. The van der Waals surface area contributed by atoms with E-state index in [1.807, 2.05) is 13.8 Å². The molecule has 0 spiro atoms. The molecule has 0 saturated heterocycles. The van der Waals surface area contributed by atoms with Crippen molar-refractivity contribution in [1.82, 2.24) is 5.32 Å². The van der Waals surface area contributed by atoms with E-state index in [4.69, 9.17) is 0 Å². The first-order valence-corrected chi connectivity index (χ1v) is 4.59. The van der Waals surface area contributed by atoms with E-state index in [1.54, 1.807) is 0 Å². The average Bonchev–Trinajstić information content (AvgIpc) is 2.28. The third-order valence-electron chi connectivity index (χ3n) is 2.21. The Morgan fingerprint density at radius 1 is 1.54 bits per heavy atom. The van der Waals surface area contributed by atoms with Crippen molar-refractivity contribution in [3.8, 4) is 0 Å². The van der Waals surface area contributed by atoms with Gasteiger partial charge in [-0.15, -0.1) is 0 Å². The Morgan fingerprint density at radius 2 is 2.15 bits per heavy atom. The Labute approximate surface area is 76.7 Å². The molecule has 0 radical (unpaired) electrons. The predicted molar refractivity (Wildman–Crippen MR) is 45.6 cm³/mol. The molecule has 1 aliphatic carbocycles. The van der Waals surface area contributed by atoms with E-state index in [0.717, 1.165) is 0 Å². The fraction of sp³-hybridized carbons (Fsp3) is 0.889. The highest BCUT2D eigenvalue weighted by Crippen LogP contribution is 2.38. The number of hydrogen-bond donors (Lipinski definition) is 1. The number of halogens is 2. The van der Waals surface area contributed by atoms with Gasteiger partial charge in [-0.05, 0) is 20.3 Å². The summed E-state index contributed by atoms with van der Waals surface area (Å²) in [4.78, 5) is 11.3. The van der Waals surface area contributed by atoms with E-state index in [0.29, 0.717) is 6.42 Å². The number of hydrogen-bond acceptors (Lipinski definition) is 1. The summed E-state index contributed by atoms with van der Waals surface area (Å²) >= 11 is 0. The molecule has 1 atom stereocenters. The SMILES string of the molecule is CC(C)NC(=O)C1CCC(F)(F)C1. The first-order valence-electron chi connectivity index (χ1n) is 4.59. The Hall–Kier alpha value is -0.670. The molecule has 0 bridgehead atoms. The van der Waals surface area contributed by atoms with Crippen LogP contribution < -0.4 is 5.32 Å². The first kappa shape index (κ1) is 10.4.